The molecule has 1 saturated heterocycles. The summed E-state index contributed by atoms with van der Waals surface area (Å²) < 4.78 is 0.851. The van der Waals surface area contributed by atoms with E-state index in [4.69, 9.17) is 11.6 Å². The first-order chi connectivity index (χ1) is 9.01. The van der Waals surface area contributed by atoms with Crippen LogP contribution in [-0.2, 0) is 9.59 Å². The van der Waals surface area contributed by atoms with Crippen LogP contribution in [0.25, 0.3) is 0 Å². The Kier molecular flexibility index (Phi) is 4.47. The molecule has 19 heavy (non-hydrogen) atoms. The average molecular weight is 346 g/mol. The van der Waals surface area contributed by atoms with E-state index in [2.05, 4.69) is 21.2 Å². The van der Waals surface area contributed by atoms with Crippen LogP contribution < -0.4 is 5.32 Å². The molecule has 0 saturated carbocycles. The number of carbonyl (C=O) groups is 2. The van der Waals surface area contributed by atoms with Crippen LogP contribution in [-0.4, -0.2) is 29.8 Å². The van der Waals surface area contributed by atoms with Gasteiger partial charge in [-0.3, -0.25) is 9.59 Å². The lowest BCUT2D eigenvalue weighted by atomic mass is 10.1. The molecule has 1 aromatic rings. The van der Waals surface area contributed by atoms with E-state index >= 15 is 0 Å². The van der Waals surface area contributed by atoms with Crippen molar-refractivity contribution in [2.45, 2.75) is 13.3 Å². The van der Waals surface area contributed by atoms with Crippen molar-refractivity contribution < 1.29 is 9.59 Å². The lowest BCUT2D eigenvalue weighted by Crippen LogP contribution is -2.28. The summed E-state index contributed by atoms with van der Waals surface area (Å²) in [7, 11) is 0. The smallest absolute Gasteiger partial charge is 0.229 e. The zero-order valence-corrected chi connectivity index (χ0v) is 12.8. The molecule has 1 fully saturated rings. The predicted octanol–water partition coefficient (Wildman–Crippen LogP) is 2.91. The van der Waals surface area contributed by atoms with Crippen molar-refractivity contribution in [2.24, 2.45) is 5.92 Å². The normalized spacial score (nSPS) is 18.8. The summed E-state index contributed by atoms with van der Waals surface area (Å²) in [6, 6.07) is 5.26. The van der Waals surface area contributed by atoms with Gasteiger partial charge in [-0.2, -0.15) is 0 Å². The van der Waals surface area contributed by atoms with Crippen molar-refractivity contribution in [3.05, 3.63) is 27.7 Å². The maximum atomic E-state index is 12.1. The van der Waals surface area contributed by atoms with Gasteiger partial charge in [0.2, 0.25) is 11.8 Å². The summed E-state index contributed by atoms with van der Waals surface area (Å²) in [5, 5.41) is 3.25. The predicted molar refractivity (Wildman–Crippen MR) is 78.1 cm³/mol. The maximum absolute atomic E-state index is 12.1. The number of benzene rings is 1. The molecular weight excluding hydrogens is 332 g/mol. The number of carbonyl (C=O) groups excluding carboxylic acids is 2. The molecule has 0 aromatic heterocycles. The van der Waals surface area contributed by atoms with Gasteiger partial charge in [0, 0.05) is 24.0 Å². The molecule has 1 aliphatic heterocycles. The van der Waals surface area contributed by atoms with Gasteiger partial charge in [-0.05, 0) is 25.1 Å². The van der Waals surface area contributed by atoms with E-state index in [0.717, 1.165) is 4.47 Å². The first-order valence-electron chi connectivity index (χ1n) is 6.05. The summed E-state index contributed by atoms with van der Waals surface area (Å²) in [5.74, 6) is -0.426. The Morgan fingerprint density at radius 3 is 2.89 bits per heavy atom. The van der Waals surface area contributed by atoms with Crippen LogP contribution in [0.3, 0.4) is 0 Å². The molecule has 2 amide bonds. The van der Waals surface area contributed by atoms with E-state index < -0.39 is 0 Å². The van der Waals surface area contributed by atoms with Gasteiger partial charge in [0.05, 0.1) is 16.6 Å². The Morgan fingerprint density at radius 1 is 1.58 bits per heavy atom. The van der Waals surface area contributed by atoms with Gasteiger partial charge in [-0.15, -0.1) is 0 Å². The van der Waals surface area contributed by atoms with Crippen molar-refractivity contribution >= 4 is 45.0 Å². The number of likely N-dealkylation sites (tertiary alicyclic amines) is 1. The first-order valence-corrected chi connectivity index (χ1v) is 7.22. The second-order valence-electron chi connectivity index (χ2n) is 4.45. The number of amides is 2. The van der Waals surface area contributed by atoms with Crippen molar-refractivity contribution in [1.29, 1.82) is 0 Å². The molecule has 1 aliphatic rings. The highest BCUT2D eigenvalue weighted by molar-refractivity contribution is 9.10. The summed E-state index contributed by atoms with van der Waals surface area (Å²) in [6.07, 6.45) is 0.272. The fourth-order valence-corrected chi connectivity index (χ4v) is 2.80. The molecule has 0 spiro atoms. The highest BCUT2D eigenvalue weighted by Crippen LogP contribution is 2.27. The quantitative estimate of drug-likeness (QED) is 0.916. The largest absolute Gasteiger partial charge is 0.342 e. The van der Waals surface area contributed by atoms with E-state index in [-0.39, 0.29) is 24.2 Å². The van der Waals surface area contributed by atoms with Crippen LogP contribution in [0, 0.1) is 5.92 Å². The summed E-state index contributed by atoms with van der Waals surface area (Å²) in [4.78, 5) is 25.4. The molecule has 2 rings (SSSR count). The Bertz CT molecular complexity index is 521. The van der Waals surface area contributed by atoms with E-state index in [1.807, 2.05) is 6.92 Å². The lowest BCUT2D eigenvalue weighted by molar-refractivity contribution is -0.128. The molecule has 1 N–H and O–H groups in total. The molecule has 1 aromatic carbocycles. The fraction of sp³-hybridized carbons (Fsp3) is 0.385. The average Bonchev–Trinajstić information content (AvgIpc) is 2.74. The van der Waals surface area contributed by atoms with Gasteiger partial charge in [0.1, 0.15) is 0 Å². The number of nitrogens with zero attached hydrogens (tertiary/aromatic N) is 1. The van der Waals surface area contributed by atoms with Crippen LogP contribution in [0.4, 0.5) is 5.69 Å². The molecule has 6 heteroatoms. The third-order valence-corrected chi connectivity index (χ3v) is 3.96. The molecule has 1 atom stereocenters. The number of nitrogens with one attached hydrogen (secondary N) is 1. The fourth-order valence-electron chi connectivity index (χ4n) is 2.08. The molecular formula is C13H14BrClN2O2. The second kappa shape index (κ2) is 5.92. The number of anilines is 1. The molecule has 0 bridgehead atoms. The van der Waals surface area contributed by atoms with E-state index in [9.17, 15) is 9.59 Å². The monoisotopic (exact) mass is 344 g/mol. The minimum absolute atomic E-state index is 0.0320. The van der Waals surface area contributed by atoms with Crippen LogP contribution in [0.5, 0.6) is 0 Å². The van der Waals surface area contributed by atoms with Crippen molar-refractivity contribution in [2.75, 3.05) is 18.4 Å². The van der Waals surface area contributed by atoms with Gasteiger partial charge >= 0.3 is 0 Å². The molecule has 102 valence electrons. The third-order valence-electron chi connectivity index (χ3n) is 3.16. The van der Waals surface area contributed by atoms with Crippen LogP contribution in [0.15, 0.2) is 22.7 Å². The second-order valence-corrected chi connectivity index (χ2v) is 5.77. The minimum Gasteiger partial charge on any atom is -0.342 e. The van der Waals surface area contributed by atoms with Crippen molar-refractivity contribution in [3.8, 4) is 0 Å². The summed E-state index contributed by atoms with van der Waals surface area (Å²) in [6.45, 7) is 3.03. The maximum Gasteiger partial charge on any atom is 0.229 e. The van der Waals surface area contributed by atoms with Crippen LogP contribution in [0.2, 0.25) is 5.02 Å². The molecule has 4 nitrogen and oxygen atoms in total. The van der Waals surface area contributed by atoms with Crippen molar-refractivity contribution in [3.63, 3.8) is 0 Å². The molecule has 1 unspecified atom stereocenters. The van der Waals surface area contributed by atoms with E-state index in [0.29, 0.717) is 23.8 Å². The number of hydrogen-bond donors (Lipinski definition) is 1. The van der Waals surface area contributed by atoms with Crippen LogP contribution >= 0.6 is 27.5 Å². The van der Waals surface area contributed by atoms with Gasteiger partial charge in [-0.25, -0.2) is 0 Å². The molecule has 0 radical (unpaired) electrons. The number of rotatable bonds is 3. The number of hydrogen-bond acceptors (Lipinski definition) is 2. The van der Waals surface area contributed by atoms with Gasteiger partial charge in [-0.1, -0.05) is 27.5 Å². The van der Waals surface area contributed by atoms with Crippen LogP contribution in [0.1, 0.15) is 13.3 Å². The molecule has 0 aliphatic carbocycles. The number of halogens is 2. The zero-order chi connectivity index (χ0) is 14.0. The van der Waals surface area contributed by atoms with E-state index in [1.165, 1.54) is 0 Å². The van der Waals surface area contributed by atoms with Gasteiger partial charge < -0.3 is 10.2 Å². The summed E-state index contributed by atoms with van der Waals surface area (Å²) >= 11 is 9.35. The van der Waals surface area contributed by atoms with Gasteiger partial charge in [0.15, 0.2) is 0 Å². The Hall–Kier alpha value is -1.07. The SMILES string of the molecule is CCN1CC(C(=O)Nc2ccc(Br)cc2Cl)CC1=O. The van der Waals surface area contributed by atoms with Gasteiger partial charge in [0.25, 0.3) is 0 Å². The summed E-state index contributed by atoms with van der Waals surface area (Å²) in [5.41, 5.74) is 0.567. The Morgan fingerprint density at radius 2 is 2.32 bits per heavy atom. The Labute approximate surface area is 125 Å². The molecule has 1 heterocycles. The highest BCUT2D eigenvalue weighted by atomic mass is 79.9. The zero-order valence-electron chi connectivity index (χ0n) is 10.5. The lowest BCUT2D eigenvalue weighted by Gasteiger charge is -2.14. The first kappa shape index (κ1) is 14.3. The van der Waals surface area contributed by atoms with E-state index in [1.54, 1.807) is 23.1 Å². The highest BCUT2D eigenvalue weighted by Gasteiger charge is 2.33. The Balaban J connectivity index is 2.04. The van der Waals surface area contributed by atoms with Crippen molar-refractivity contribution in [1.82, 2.24) is 4.90 Å². The standard InChI is InChI=1S/C13H14BrClN2O2/c1-2-17-7-8(5-12(17)18)13(19)16-11-4-3-9(14)6-10(11)15/h3-4,6,8H,2,5,7H2,1H3,(H,16,19). The third kappa shape index (κ3) is 3.28. The topological polar surface area (TPSA) is 49.4 Å². The minimum atomic E-state index is -0.299.